The zero-order chi connectivity index (χ0) is 13.2. The van der Waals surface area contributed by atoms with Crippen LogP contribution in [-0.4, -0.2) is 18.6 Å². The van der Waals surface area contributed by atoms with Crippen LogP contribution in [0.4, 0.5) is 4.39 Å². The third-order valence-corrected chi connectivity index (χ3v) is 3.38. The Morgan fingerprint density at radius 1 is 1.32 bits per heavy atom. The van der Waals surface area contributed by atoms with Crippen LogP contribution in [0.2, 0.25) is 0 Å². The molecule has 0 saturated heterocycles. The standard InChI is InChI=1S/C15H15FN2O/c1-17-9-10-8-11-12(16)4-2-5-13(11)19-14-6-3-7-18-15(10)14/h2-7,10,17H,8-9H2,1H3/t10-/m0/s1. The summed E-state index contributed by atoms with van der Waals surface area (Å²) in [6, 6.07) is 8.66. The minimum absolute atomic E-state index is 0.111. The number of ether oxygens (including phenoxy) is 1. The Hall–Kier alpha value is -1.94. The van der Waals surface area contributed by atoms with Gasteiger partial charge in [-0.15, -0.1) is 0 Å². The summed E-state index contributed by atoms with van der Waals surface area (Å²) in [5.41, 5.74) is 1.51. The summed E-state index contributed by atoms with van der Waals surface area (Å²) in [6.07, 6.45) is 2.34. The maximum Gasteiger partial charge on any atom is 0.149 e. The molecule has 0 bridgehead atoms. The van der Waals surface area contributed by atoms with Crippen molar-refractivity contribution in [2.45, 2.75) is 12.3 Å². The highest BCUT2D eigenvalue weighted by atomic mass is 19.1. The topological polar surface area (TPSA) is 34.1 Å². The molecule has 3 rings (SSSR count). The van der Waals surface area contributed by atoms with Gasteiger partial charge in [0.15, 0.2) is 0 Å². The van der Waals surface area contributed by atoms with Gasteiger partial charge in [0.25, 0.3) is 0 Å². The van der Waals surface area contributed by atoms with Gasteiger partial charge in [0.1, 0.15) is 17.3 Å². The average Bonchev–Trinajstić information content (AvgIpc) is 2.57. The van der Waals surface area contributed by atoms with Crippen LogP contribution >= 0.6 is 0 Å². The molecule has 3 nitrogen and oxygen atoms in total. The summed E-state index contributed by atoms with van der Waals surface area (Å²) in [5.74, 6) is 1.20. The van der Waals surface area contributed by atoms with E-state index < -0.39 is 0 Å². The molecular weight excluding hydrogens is 243 g/mol. The normalized spacial score (nSPS) is 17.1. The number of nitrogens with one attached hydrogen (secondary N) is 1. The number of nitrogens with zero attached hydrogens (tertiary/aromatic N) is 1. The molecular formula is C15H15FN2O. The fraction of sp³-hybridized carbons (Fsp3) is 0.267. The van der Waals surface area contributed by atoms with Crippen LogP contribution in [0, 0.1) is 5.82 Å². The molecule has 1 aromatic carbocycles. The molecule has 1 aromatic heterocycles. The Morgan fingerprint density at radius 3 is 3.00 bits per heavy atom. The van der Waals surface area contributed by atoms with Crippen molar-refractivity contribution < 1.29 is 9.13 Å². The van der Waals surface area contributed by atoms with E-state index >= 15 is 0 Å². The van der Waals surface area contributed by atoms with Gasteiger partial charge in [0.2, 0.25) is 0 Å². The van der Waals surface area contributed by atoms with E-state index in [0.29, 0.717) is 23.5 Å². The summed E-state index contributed by atoms with van der Waals surface area (Å²) in [7, 11) is 1.89. The first-order chi connectivity index (χ1) is 9.29. The molecule has 0 amide bonds. The van der Waals surface area contributed by atoms with Gasteiger partial charge in [-0.2, -0.15) is 0 Å². The smallest absolute Gasteiger partial charge is 0.149 e. The molecule has 98 valence electrons. The van der Waals surface area contributed by atoms with Crippen molar-refractivity contribution in [2.75, 3.05) is 13.6 Å². The van der Waals surface area contributed by atoms with Gasteiger partial charge in [-0.1, -0.05) is 6.07 Å². The van der Waals surface area contributed by atoms with Crippen molar-refractivity contribution in [1.29, 1.82) is 0 Å². The molecule has 0 radical (unpaired) electrons. The maximum atomic E-state index is 14.0. The van der Waals surface area contributed by atoms with E-state index in [1.165, 1.54) is 6.07 Å². The predicted molar refractivity (Wildman–Crippen MR) is 71.1 cm³/mol. The molecule has 0 fully saturated rings. The number of hydrogen-bond acceptors (Lipinski definition) is 3. The van der Waals surface area contributed by atoms with Crippen LogP contribution in [-0.2, 0) is 6.42 Å². The fourth-order valence-electron chi connectivity index (χ4n) is 2.51. The molecule has 0 saturated carbocycles. The number of halogens is 1. The van der Waals surface area contributed by atoms with E-state index in [1.807, 2.05) is 19.2 Å². The summed E-state index contributed by atoms with van der Waals surface area (Å²) in [5, 5.41) is 3.14. The zero-order valence-electron chi connectivity index (χ0n) is 10.7. The monoisotopic (exact) mass is 258 g/mol. The van der Waals surface area contributed by atoms with Crippen LogP contribution in [0.1, 0.15) is 17.2 Å². The van der Waals surface area contributed by atoms with Gasteiger partial charge in [-0.05, 0) is 37.7 Å². The molecule has 1 aliphatic heterocycles. The van der Waals surface area contributed by atoms with Crippen LogP contribution in [0.3, 0.4) is 0 Å². The van der Waals surface area contributed by atoms with Gasteiger partial charge in [0, 0.05) is 24.2 Å². The van der Waals surface area contributed by atoms with Crippen molar-refractivity contribution in [3.8, 4) is 11.5 Å². The Kier molecular flexibility index (Phi) is 3.17. The zero-order valence-corrected chi connectivity index (χ0v) is 10.7. The van der Waals surface area contributed by atoms with Gasteiger partial charge < -0.3 is 10.1 Å². The van der Waals surface area contributed by atoms with Crippen LogP contribution in [0.15, 0.2) is 36.5 Å². The summed E-state index contributed by atoms with van der Waals surface area (Å²) < 4.78 is 19.8. The number of benzene rings is 1. The maximum absolute atomic E-state index is 14.0. The highest BCUT2D eigenvalue weighted by Crippen LogP contribution is 2.38. The number of likely N-dealkylation sites (N-methyl/N-ethyl adjacent to an activating group) is 1. The minimum Gasteiger partial charge on any atom is -0.455 e. The predicted octanol–water partition coefficient (Wildman–Crippen LogP) is 2.87. The highest BCUT2D eigenvalue weighted by molar-refractivity contribution is 5.45. The molecule has 19 heavy (non-hydrogen) atoms. The van der Waals surface area contributed by atoms with Gasteiger partial charge in [-0.3, -0.25) is 4.98 Å². The Bertz CT molecular complexity index is 600. The average molecular weight is 258 g/mol. The first-order valence-corrected chi connectivity index (χ1v) is 6.34. The number of pyridine rings is 1. The van der Waals surface area contributed by atoms with E-state index in [0.717, 1.165) is 12.2 Å². The lowest BCUT2D eigenvalue weighted by Crippen LogP contribution is -2.19. The molecule has 0 spiro atoms. The van der Waals surface area contributed by atoms with E-state index in [-0.39, 0.29) is 11.7 Å². The van der Waals surface area contributed by atoms with Crippen molar-refractivity contribution in [3.63, 3.8) is 0 Å². The molecule has 0 unspecified atom stereocenters. The molecule has 4 heteroatoms. The van der Waals surface area contributed by atoms with E-state index in [9.17, 15) is 4.39 Å². The Balaban J connectivity index is 2.12. The Labute approximate surface area is 111 Å². The quantitative estimate of drug-likeness (QED) is 0.899. The van der Waals surface area contributed by atoms with Crippen molar-refractivity contribution in [3.05, 3.63) is 53.6 Å². The van der Waals surface area contributed by atoms with Gasteiger partial charge in [0.05, 0.1) is 5.69 Å². The summed E-state index contributed by atoms with van der Waals surface area (Å²) in [6.45, 7) is 0.737. The molecule has 2 heterocycles. The van der Waals surface area contributed by atoms with Crippen molar-refractivity contribution in [1.82, 2.24) is 10.3 Å². The summed E-state index contributed by atoms with van der Waals surface area (Å²) >= 11 is 0. The van der Waals surface area contributed by atoms with Gasteiger partial charge in [-0.25, -0.2) is 4.39 Å². The lowest BCUT2D eigenvalue weighted by Gasteiger charge is -2.14. The molecule has 1 atom stereocenters. The van der Waals surface area contributed by atoms with Crippen LogP contribution in [0.5, 0.6) is 11.5 Å². The lowest BCUT2D eigenvalue weighted by molar-refractivity contribution is 0.469. The van der Waals surface area contributed by atoms with E-state index in [1.54, 1.807) is 18.3 Å². The second kappa shape index (κ2) is 4.97. The summed E-state index contributed by atoms with van der Waals surface area (Å²) in [4.78, 5) is 4.40. The Morgan fingerprint density at radius 2 is 2.16 bits per heavy atom. The van der Waals surface area contributed by atoms with E-state index in [4.69, 9.17) is 4.74 Å². The SMILES string of the molecule is CNC[C@@H]1Cc2c(F)cccc2Oc2cccnc21. The molecule has 2 aromatic rings. The molecule has 1 aliphatic rings. The second-order valence-electron chi connectivity index (χ2n) is 4.66. The number of rotatable bonds is 2. The lowest BCUT2D eigenvalue weighted by atomic mass is 9.95. The van der Waals surface area contributed by atoms with Crippen molar-refractivity contribution >= 4 is 0 Å². The minimum atomic E-state index is -0.216. The number of hydrogen-bond donors (Lipinski definition) is 1. The first-order valence-electron chi connectivity index (χ1n) is 6.34. The third kappa shape index (κ3) is 2.19. The second-order valence-corrected chi connectivity index (χ2v) is 4.66. The number of fused-ring (bicyclic) bond motifs is 2. The number of aromatic nitrogens is 1. The van der Waals surface area contributed by atoms with Gasteiger partial charge >= 0.3 is 0 Å². The fourth-order valence-corrected chi connectivity index (χ4v) is 2.51. The largest absolute Gasteiger partial charge is 0.455 e. The van der Waals surface area contributed by atoms with E-state index in [2.05, 4.69) is 10.3 Å². The van der Waals surface area contributed by atoms with Crippen molar-refractivity contribution in [2.24, 2.45) is 0 Å². The highest BCUT2D eigenvalue weighted by Gasteiger charge is 2.25. The third-order valence-electron chi connectivity index (χ3n) is 3.38. The van der Waals surface area contributed by atoms with Crippen LogP contribution in [0.25, 0.3) is 0 Å². The van der Waals surface area contributed by atoms with Crippen LogP contribution < -0.4 is 10.1 Å². The first kappa shape index (κ1) is 12.1. The molecule has 0 aliphatic carbocycles. The molecule has 1 N–H and O–H groups in total.